The lowest BCUT2D eigenvalue weighted by atomic mass is 10.2. The lowest BCUT2D eigenvalue weighted by Crippen LogP contribution is -2.19. The summed E-state index contributed by atoms with van der Waals surface area (Å²) in [6.07, 6.45) is -2.80. The molecule has 11 heteroatoms. The Balaban J connectivity index is 1.79. The molecule has 0 saturated heterocycles. The molecule has 1 amide bonds. The van der Waals surface area contributed by atoms with Crippen LogP contribution in [0.4, 0.5) is 13.2 Å². The number of rotatable bonds is 5. The highest BCUT2D eigenvalue weighted by molar-refractivity contribution is 5.93. The summed E-state index contributed by atoms with van der Waals surface area (Å²) in [7, 11) is 1.59. The van der Waals surface area contributed by atoms with Gasteiger partial charge in [0.05, 0.1) is 22.3 Å². The van der Waals surface area contributed by atoms with Gasteiger partial charge in [0.25, 0.3) is 5.56 Å². The summed E-state index contributed by atoms with van der Waals surface area (Å²) in [4.78, 5) is 32.4. The van der Waals surface area contributed by atoms with Crippen molar-refractivity contribution in [3.8, 4) is 22.9 Å². The number of aromatic nitrogens is 4. The van der Waals surface area contributed by atoms with E-state index in [-0.39, 0.29) is 23.7 Å². The van der Waals surface area contributed by atoms with Crippen LogP contribution in [0, 0.1) is 6.92 Å². The lowest BCUT2D eigenvalue weighted by molar-refractivity contribution is -0.137. The van der Waals surface area contributed by atoms with Crippen molar-refractivity contribution < 1.29 is 22.7 Å². The smallest absolute Gasteiger partial charge is 0.416 e. The van der Waals surface area contributed by atoms with Gasteiger partial charge in [-0.15, -0.1) is 0 Å². The van der Waals surface area contributed by atoms with E-state index in [0.29, 0.717) is 28.1 Å². The number of benzene rings is 1. The van der Waals surface area contributed by atoms with Gasteiger partial charge in [0, 0.05) is 30.9 Å². The molecule has 3 aromatic heterocycles. The molecule has 0 saturated carbocycles. The molecule has 0 aliphatic carbocycles. The summed E-state index contributed by atoms with van der Waals surface area (Å²) in [5, 5.41) is 0. The van der Waals surface area contributed by atoms with E-state index in [2.05, 4.69) is 9.97 Å². The molecule has 2 N–H and O–H groups in total. The molecule has 0 spiro atoms. The van der Waals surface area contributed by atoms with Crippen molar-refractivity contribution in [3.05, 3.63) is 70.4 Å². The molecule has 3 heterocycles. The van der Waals surface area contributed by atoms with Crippen molar-refractivity contribution in [3.63, 3.8) is 0 Å². The van der Waals surface area contributed by atoms with Gasteiger partial charge in [-0.2, -0.15) is 18.2 Å². The van der Waals surface area contributed by atoms with Crippen molar-refractivity contribution in [2.24, 2.45) is 12.8 Å². The summed E-state index contributed by atoms with van der Waals surface area (Å²) in [6.45, 7) is 1.53. The van der Waals surface area contributed by atoms with Crippen LogP contribution < -0.4 is 16.0 Å². The quantitative estimate of drug-likeness (QED) is 0.495. The summed E-state index contributed by atoms with van der Waals surface area (Å²) < 4.78 is 47.1. The molecule has 0 atom stereocenters. The largest absolute Gasteiger partial charge is 0.439 e. The van der Waals surface area contributed by atoms with Crippen LogP contribution in [-0.2, 0) is 24.6 Å². The number of amides is 1. The molecule has 0 aliphatic heterocycles. The minimum atomic E-state index is -4.45. The fourth-order valence-electron chi connectivity index (χ4n) is 3.51. The van der Waals surface area contributed by atoms with Gasteiger partial charge in [-0.3, -0.25) is 9.59 Å². The molecular weight excluding hydrogens is 439 g/mol. The van der Waals surface area contributed by atoms with E-state index in [0.717, 1.165) is 12.1 Å². The minimum Gasteiger partial charge on any atom is -0.439 e. The second kappa shape index (κ2) is 8.08. The maximum Gasteiger partial charge on any atom is 0.416 e. The van der Waals surface area contributed by atoms with Gasteiger partial charge in [0.2, 0.25) is 11.8 Å². The van der Waals surface area contributed by atoms with Crippen LogP contribution in [0.15, 0.2) is 53.5 Å². The van der Waals surface area contributed by atoms with Crippen LogP contribution in [0.2, 0.25) is 0 Å². The predicted molar refractivity (Wildman–Crippen MR) is 114 cm³/mol. The number of nitrogens with two attached hydrogens (primary N) is 1. The third kappa shape index (κ3) is 4.43. The first-order chi connectivity index (χ1) is 15.5. The zero-order chi connectivity index (χ0) is 23.9. The molecule has 0 fully saturated rings. The number of pyridine rings is 1. The number of halogens is 3. The minimum absolute atomic E-state index is 0.103. The van der Waals surface area contributed by atoms with E-state index in [1.54, 1.807) is 30.8 Å². The molecule has 33 heavy (non-hydrogen) atoms. The fraction of sp³-hybridized carbons (Fsp3) is 0.182. The Labute approximate surface area is 185 Å². The predicted octanol–water partition coefficient (Wildman–Crippen LogP) is 3.40. The number of aryl methyl sites for hydroxylation is 2. The molecule has 0 bridgehead atoms. The van der Waals surface area contributed by atoms with Crippen molar-refractivity contribution in [1.29, 1.82) is 0 Å². The van der Waals surface area contributed by atoms with Gasteiger partial charge in [-0.25, -0.2) is 4.98 Å². The Morgan fingerprint density at radius 3 is 2.45 bits per heavy atom. The lowest BCUT2D eigenvalue weighted by Gasteiger charge is -2.10. The number of alkyl halides is 3. The van der Waals surface area contributed by atoms with Crippen molar-refractivity contribution in [1.82, 2.24) is 19.1 Å². The Kier molecular flexibility index (Phi) is 5.40. The van der Waals surface area contributed by atoms with E-state index in [1.165, 1.54) is 28.8 Å². The first kappa shape index (κ1) is 22.1. The third-order valence-corrected chi connectivity index (χ3v) is 4.96. The van der Waals surface area contributed by atoms with E-state index < -0.39 is 17.6 Å². The second-order valence-electron chi connectivity index (χ2n) is 7.36. The van der Waals surface area contributed by atoms with Gasteiger partial charge in [-0.1, -0.05) is 0 Å². The van der Waals surface area contributed by atoms with E-state index >= 15 is 0 Å². The Morgan fingerprint density at radius 2 is 1.82 bits per heavy atom. The van der Waals surface area contributed by atoms with Gasteiger partial charge in [0.15, 0.2) is 0 Å². The highest BCUT2D eigenvalue weighted by Gasteiger charge is 2.30. The van der Waals surface area contributed by atoms with E-state index in [1.807, 2.05) is 0 Å². The van der Waals surface area contributed by atoms with Crippen molar-refractivity contribution in [2.75, 3.05) is 0 Å². The topological polar surface area (TPSA) is 105 Å². The van der Waals surface area contributed by atoms with Gasteiger partial charge in [-0.05, 0) is 37.3 Å². The monoisotopic (exact) mass is 457 g/mol. The maximum atomic E-state index is 12.8. The number of hydrogen-bond acceptors (Lipinski definition) is 5. The van der Waals surface area contributed by atoms with E-state index in [9.17, 15) is 22.8 Å². The van der Waals surface area contributed by atoms with Gasteiger partial charge >= 0.3 is 6.18 Å². The average Bonchev–Trinajstić information content (AvgIpc) is 3.08. The zero-order valence-corrected chi connectivity index (χ0v) is 17.6. The number of nitrogens with zero attached hydrogens (tertiary/aromatic N) is 4. The average molecular weight is 457 g/mol. The first-order valence-corrected chi connectivity index (χ1v) is 9.71. The first-order valence-electron chi connectivity index (χ1n) is 9.71. The van der Waals surface area contributed by atoms with Crippen LogP contribution >= 0.6 is 0 Å². The number of ether oxygens (including phenoxy) is 1. The summed E-state index contributed by atoms with van der Waals surface area (Å²) in [5.74, 6) is 0.0493. The van der Waals surface area contributed by atoms with Crippen molar-refractivity contribution in [2.45, 2.75) is 19.6 Å². The molecule has 4 rings (SSSR count). The second-order valence-corrected chi connectivity index (χ2v) is 7.36. The van der Waals surface area contributed by atoms with Gasteiger partial charge < -0.3 is 19.6 Å². The van der Waals surface area contributed by atoms with Crippen LogP contribution in [0.1, 0.15) is 11.4 Å². The molecule has 1 aromatic carbocycles. The number of fused-ring (bicyclic) bond motifs is 1. The van der Waals surface area contributed by atoms with Crippen LogP contribution in [0.5, 0.6) is 11.6 Å². The molecule has 8 nitrogen and oxygen atoms in total. The highest BCUT2D eigenvalue weighted by Crippen LogP contribution is 2.33. The zero-order valence-electron chi connectivity index (χ0n) is 17.6. The molecular formula is C22H18F3N5O3. The normalized spacial score (nSPS) is 11.7. The highest BCUT2D eigenvalue weighted by atomic mass is 19.4. The molecule has 0 aliphatic rings. The molecule has 0 unspecified atom stereocenters. The van der Waals surface area contributed by atoms with Gasteiger partial charge in [0.1, 0.15) is 18.1 Å². The third-order valence-electron chi connectivity index (χ3n) is 4.96. The van der Waals surface area contributed by atoms with Crippen molar-refractivity contribution >= 4 is 16.9 Å². The summed E-state index contributed by atoms with van der Waals surface area (Å²) in [6, 6.07) is 8.71. The number of hydrogen-bond donors (Lipinski definition) is 1. The Morgan fingerprint density at radius 1 is 1.12 bits per heavy atom. The van der Waals surface area contributed by atoms with E-state index in [4.69, 9.17) is 10.5 Å². The SMILES string of the molecule is Cc1nc(Oc2ccc(C(F)(F)F)cc2)cc(-c2cn(CC(N)=O)c3ccc(=O)n(C)c23)n1. The number of primary amides is 1. The summed E-state index contributed by atoms with van der Waals surface area (Å²) >= 11 is 0. The molecule has 170 valence electrons. The maximum absolute atomic E-state index is 12.8. The number of carbonyl (C=O) groups is 1. The summed E-state index contributed by atoms with van der Waals surface area (Å²) in [5.41, 5.74) is 6.38. The fourth-order valence-corrected chi connectivity index (χ4v) is 3.51. The van der Waals surface area contributed by atoms with Crippen LogP contribution in [0.3, 0.4) is 0 Å². The molecule has 4 aromatic rings. The Bertz CT molecular complexity index is 1420. The molecule has 0 radical (unpaired) electrons. The van der Waals surface area contributed by atoms with Crippen LogP contribution in [0.25, 0.3) is 22.3 Å². The number of carbonyl (C=O) groups excluding carboxylic acids is 1. The van der Waals surface area contributed by atoms with Crippen LogP contribution in [-0.4, -0.2) is 25.0 Å². The standard InChI is InChI=1S/C22H18F3N5O3/c1-12-27-16(9-19(28-12)33-14-5-3-13(4-6-14)22(23,24)25)15-10-30(11-18(26)31)17-7-8-20(32)29(2)21(15)17/h3-10H,11H2,1-2H3,(H2,26,31). The Hall–Kier alpha value is -4.15.